The Bertz CT molecular complexity index is 2370. The molecule has 240 valence electrons. The van der Waals surface area contributed by atoms with Gasteiger partial charge in [-0.15, -0.1) is 0 Å². The molecule has 2 aromatic heterocycles. The Balaban J connectivity index is 1.33. The molecule has 0 atom stereocenters. The smallest absolute Gasteiger partial charge is 0.138 e. The predicted octanol–water partition coefficient (Wildman–Crippen LogP) is 12.0. The zero-order valence-corrected chi connectivity index (χ0v) is 28.4. The lowest BCUT2D eigenvalue weighted by molar-refractivity contribution is 0.579. The van der Waals surface area contributed by atoms with E-state index in [0.29, 0.717) is 0 Å². The molecule has 0 spiro atoms. The molecule has 0 aliphatic heterocycles. The first kappa shape index (κ1) is 30.1. The van der Waals surface area contributed by atoms with Gasteiger partial charge in [0, 0.05) is 22.3 Å². The fourth-order valence-corrected chi connectivity index (χ4v) is 8.31. The zero-order chi connectivity index (χ0) is 33.7. The molecule has 2 nitrogen and oxygen atoms in total. The summed E-state index contributed by atoms with van der Waals surface area (Å²) < 4.78 is 2.42. The maximum atomic E-state index is 5.45. The number of aromatic nitrogens is 2. The van der Waals surface area contributed by atoms with Gasteiger partial charge in [0.05, 0.1) is 16.9 Å². The normalized spacial score (nSPS) is 13.6. The molecule has 1 aliphatic carbocycles. The van der Waals surface area contributed by atoms with E-state index in [4.69, 9.17) is 4.98 Å². The Morgan fingerprint density at radius 3 is 1.68 bits per heavy atom. The first-order chi connectivity index (χ1) is 24.6. The van der Waals surface area contributed by atoms with Crippen molar-refractivity contribution in [2.24, 2.45) is 0 Å². The minimum atomic E-state index is -0.0738. The number of hydrogen-bond donors (Lipinski definition) is 0. The summed E-state index contributed by atoms with van der Waals surface area (Å²) in [7, 11) is 0. The molecule has 0 radical (unpaired) electrons. The molecule has 9 rings (SSSR count). The Hall–Kier alpha value is -5.99. The number of nitrogens with zero attached hydrogens (tertiary/aromatic N) is 2. The largest absolute Gasteiger partial charge is 0.293 e. The minimum Gasteiger partial charge on any atom is -0.293 e. The van der Waals surface area contributed by atoms with Gasteiger partial charge in [-0.2, -0.15) is 0 Å². The van der Waals surface area contributed by atoms with Crippen molar-refractivity contribution in [1.82, 2.24) is 9.55 Å². The first-order valence-corrected chi connectivity index (χ1v) is 17.6. The summed E-state index contributed by atoms with van der Waals surface area (Å²) >= 11 is 0. The van der Waals surface area contributed by atoms with Gasteiger partial charge in [0.2, 0.25) is 0 Å². The van der Waals surface area contributed by atoms with Gasteiger partial charge in [-0.05, 0) is 69.1 Å². The maximum Gasteiger partial charge on any atom is 0.138 e. The van der Waals surface area contributed by atoms with E-state index in [0.717, 1.165) is 34.6 Å². The Kier molecular flexibility index (Phi) is 7.32. The van der Waals surface area contributed by atoms with Crippen molar-refractivity contribution < 1.29 is 0 Å². The molecule has 2 heteroatoms. The van der Waals surface area contributed by atoms with Crippen LogP contribution in [0.2, 0.25) is 0 Å². The number of fused-ring (bicyclic) bond motifs is 3. The number of benzene rings is 6. The Morgan fingerprint density at radius 2 is 1.04 bits per heavy atom. The molecule has 50 heavy (non-hydrogen) atoms. The average Bonchev–Trinajstić information content (AvgIpc) is 3.51. The third kappa shape index (κ3) is 4.99. The third-order valence-corrected chi connectivity index (χ3v) is 10.7. The fraction of sp³-hybridized carbons (Fsp3) is 0.104. The van der Waals surface area contributed by atoms with Crippen LogP contribution in [0.25, 0.3) is 50.4 Å². The van der Waals surface area contributed by atoms with Gasteiger partial charge in [-0.1, -0.05) is 172 Å². The van der Waals surface area contributed by atoms with Crippen molar-refractivity contribution in [3.63, 3.8) is 0 Å². The van der Waals surface area contributed by atoms with Gasteiger partial charge < -0.3 is 0 Å². The van der Waals surface area contributed by atoms with Gasteiger partial charge in [-0.25, -0.2) is 4.98 Å². The van der Waals surface area contributed by atoms with Crippen LogP contribution in [0.15, 0.2) is 176 Å². The molecule has 0 N–H and O–H groups in total. The second kappa shape index (κ2) is 12.2. The van der Waals surface area contributed by atoms with Gasteiger partial charge >= 0.3 is 0 Å². The molecule has 1 aliphatic rings. The number of para-hydroxylation sites is 1. The van der Waals surface area contributed by atoms with Crippen LogP contribution in [0.3, 0.4) is 0 Å². The molecule has 8 aromatic rings. The van der Waals surface area contributed by atoms with Crippen molar-refractivity contribution in [2.75, 3.05) is 0 Å². The van der Waals surface area contributed by atoms with E-state index >= 15 is 0 Å². The van der Waals surface area contributed by atoms with E-state index in [1.807, 2.05) is 0 Å². The van der Waals surface area contributed by atoms with E-state index in [2.05, 4.69) is 194 Å². The monoisotopic (exact) mass is 642 g/mol. The van der Waals surface area contributed by atoms with Crippen LogP contribution in [0.5, 0.6) is 0 Å². The molecule has 0 saturated carbocycles. The summed E-state index contributed by atoms with van der Waals surface area (Å²) in [5, 5.41) is 1.26. The van der Waals surface area contributed by atoms with Crippen molar-refractivity contribution in [1.29, 1.82) is 0 Å². The van der Waals surface area contributed by atoms with E-state index in [9.17, 15) is 0 Å². The second-order valence-electron chi connectivity index (χ2n) is 13.9. The van der Waals surface area contributed by atoms with E-state index in [1.54, 1.807) is 0 Å². The lowest BCUT2D eigenvalue weighted by Crippen LogP contribution is -2.30. The van der Waals surface area contributed by atoms with Crippen molar-refractivity contribution in [3.8, 4) is 39.5 Å². The molecule has 6 aromatic carbocycles. The summed E-state index contributed by atoms with van der Waals surface area (Å²) in [6.45, 7) is 4.75. The van der Waals surface area contributed by atoms with Crippen LogP contribution in [0.4, 0.5) is 0 Å². The topological polar surface area (TPSA) is 17.8 Å². The highest BCUT2D eigenvalue weighted by atomic mass is 15.1. The van der Waals surface area contributed by atoms with Crippen molar-refractivity contribution in [3.05, 3.63) is 204 Å². The van der Waals surface area contributed by atoms with Crippen LogP contribution >= 0.6 is 0 Å². The lowest BCUT2D eigenvalue weighted by atomic mass is 9.64. The summed E-state index contributed by atoms with van der Waals surface area (Å²) in [5.74, 6) is 1.12. The fourth-order valence-electron chi connectivity index (χ4n) is 8.31. The number of pyridine rings is 1. The van der Waals surface area contributed by atoms with Crippen LogP contribution in [-0.2, 0) is 11.8 Å². The minimum absolute atomic E-state index is 0.0738. The van der Waals surface area contributed by atoms with Crippen LogP contribution in [-0.4, -0.2) is 9.55 Å². The molecule has 0 bridgehead atoms. The predicted molar refractivity (Wildman–Crippen MR) is 208 cm³/mol. The van der Waals surface area contributed by atoms with E-state index in [-0.39, 0.29) is 11.3 Å². The summed E-state index contributed by atoms with van der Waals surface area (Å²) in [6.07, 6.45) is 0.867. The molecule has 2 heterocycles. The highest BCUT2D eigenvalue weighted by molar-refractivity contribution is 5.94. The van der Waals surface area contributed by atoms with Gasteiger partial charge in [0.1, 0.15) is 5.82 Å². The second-order valence-corrected chi connectivity index (χ2v) is 13.9. The van der Waals surface area contributed by atoms with E-state index in [1.165, 1.54) is 50.0 Å². The van der Waals surface area contributed by atoms with Crippen molar-refractivity contribution in [2.45, 2.75) is 31.6 Å². The van der Waals surface area contributed by atoms with Crippen LogP contribution < -0.4 is 0 Å². The standard InChI is InChI=1S/C48H38N2/c1-48(2)42-27-15-12-24-37(42)40(38-25-13-16-28-43(38)48)32-41-39-26-14-17-29-45(39)50(47(41)35-22-10-5-11-23-35)46-31-36(33-18-6-3-7-19-33)30-44(49-46)34-20-8-4-9-21-34/h3-31,40H,32H2,1-2H3. The SMILES string of the molecule is CC1(C)c2ccccc2C(Cc2c(-c3ccccc3)n(-c3cc(-c4ccccc4)cc(-c4ccccc4)n3)c3ccccc23)c2ccccc21. The summed E-state index contributed by atoms with van der Waals surface area (Å²) in [4.78, 5) is 5.45. The lowest BCUT2D eigenvalue weighted by Gasteiger charge is -2.39. The summed E-state index contributed by atoms with van der Waals surface area (Å²) in [5.41, 5.74) is 14.9. The molecule has 0 unspecified atom stereocenters. The average molecular weight is 643 g/mol. The van der Waals surface area contributed by atoms with Crippen molar-refractivity contribution >= 4 is 10.9 Å². The van der Waals surface area contributed by atoms with Gasteiger partial charge in [-0.3, -0.25) is 4.57 Å². The zero-order valence-electron chi connectivity index (χ0n) is 28.4. The Morgan fingerprint density at radius 1 is 0.520 bits per heavy atom. The molecular weight excluding hydrogens is 605 g/mol. The van der Waals surface area contributed by atoms with Crippen LogP contribution in [0.1, 0.15) is 47.6 Å². The van der Waals surface area contributed by atoms with E-state index < -0.39 is 0 Å². The van der Waals surface area contributed by atoms with Gasteiger partial charge in [0.15, 0.2) is 0 Å². The molecule has 0 amide bonds. The quantitative estimate of drug-likeness (QED) is 0.176. The number of rotatable bonds is 6. The van der Waals surface area contributed by atoms with Crippen LogP contribution in [0, 0.1) is 0 Å². The highest BCUT2D eigenvalue weighted by Crippen LogP contribution is 2.49. The summed E-state index contributed by atoms with van der Waals surface area (Å²) in [6, 6.07) is 63.7. The number of hydrogen-bond acceptors (Lipinski definition) is 1. The maximum absolute atomic E-state index is 5.45. The molecular formula is C48H38N2. The molecule has 0 fully saturated rings. The highest BCUT2D eigenvalue weighted by Gasteiger charge is 2.38. The molecule has 0 saturated heterocycles. The Labute approximate surface area is 294 Å². The first-order valence-electron chi connectivity index (χ1n) is 17.6. The third-order valence-electron chi connectivity index (χ3n) is 10.7. The van der Waals surface area contributed by atoms with Gasteiger partial charge in [0.25, 0.3) is 0 Å².